The molecule has 0 aromatic heterocycles. The van der Waals surface area contributed by atoms with Crippen LogP contribution in [0.15, 0.2) is 18.2 Å². The summed E-state index contributed by atoms with van der Waals surface area (Å²) in [5.41, 5.74) is 0.530. The Bertz CT molecular complexity index is 522. The summed E-state index contributed by atoms with van der Waals surface area (Å²) in [6, 6.07) is 4.39. The molecule has 0 radical (unpaired) electrons. The zero-order chi connectivity index (χ0) is 15.2. The summed E-state index contributed by atoms with van der Waals surface area (Å²) in [5, 5.41) is 12.1. The monoisotopic (exact) mass is 309 g/mol. The van der Waals surface area contributed by atoms with Crippen LogP contribution in [-0.2, 0) is 4.79 Å². The van der Waals surface area contributed by atoms with E-state index < -0.39 is 5.97 Å². The second kappa shape index (κ2) is 7.46. The van der Waals surface area contributed by atoms with E-state index in [-0.39, 0.29) is 17.4 Å². The SMILES string of the molecule is O=C(O)c1cc(Cl)cc(NC(=O)C2CCCCCCC2)c1. The highest BCUT2D eigenvalue weighted by molar-refractivity contribution is 6.31. The number of nitrogens with one attached hydrogen (secondary N) is 1. The molecule has 1 fully saturated rings. The van der Waals surface area contributed by atoms with Crippen molar-refractivity contribution in [2.75, 3.05) is 5.32 Å². The molecule has 21 heavy (non-hydrogen) atoms. The summed E-state index contributed by atoms with van der Waals surface area (Å²) in [4.78, 5) is 23.3. The lowest BCUT2D eigenvalue weighted by Gasteiger charge is -2.19. The minimum absolute atomic E-state index is 0.0116. The van der Waals surface area contributed by atoms with Gasteiger partial charge in [-0.15, -0.1) is 0 Å². The number of hydrogen-bond donors (Lipinski definition) is 2. The minimum atomic E-state index is -1.06. The zero-order valence-corrected chi connectivity index (χ0v) is 12.7. The molecule has 4 nitrogen and oxygen atoms in total. The highest BCUT2D eigenvalue weighted by Gasteiger charge is 2.20. The Morgan fingerprint density at radius 2 is 1.67 bits per heavy atom. The molecule has 0 unspecified atom stereocenters. The third-order valence-corrected chi connectivity index (χ3v) is 4.11. The van der Waals surface area contributed by atoms with E-state index in [0.29, 0.717) is 10.7 Å². The van der Waals surface area contributed by atoms with Crippen LogP contribution >= 0.6 is 11.6 Å². The normalized spacial score (nSPS) is 16.8. The minimum Gasteiger partial charge on any atom is -0.478 e. The Morgan fingerprint density at radius 1 is 1.05 bits per heavy atom. The Morgan fingerprint density at radius 3 is 2.29 bits per heavy atom. The topological polar surface area (TPSA) is 66.4 Å². The third kappa shape index (κ3) is 4.74. The molecule has 1 aliphatic carbocycles. The number of carbonyl (C=O) groups is 2. The molecule has 1 aliphatic rings. The number of carbonyl (C=O) groups excluding carboxylic acids is 1. The Labute approximate surface area is 129 Å². The maximum Gasteiger partial charge on any atom is 0.335 e. The van der Waals surface area contributed by atoms with Gasteiger partial charge in [0.2, 0.25) is 5.91 Å². The van der Waals surface area contributed by atoms with E-state index in [1.54, 1.807) is 6.07 Å². The van der Waals surface area contributed by atoms with Crippen LogP contribution in [0.1, 0.15) is 55.3 Å². The van der Waals surface area contributed by atoms with Gasteiger partial charge in [-0.3, -0.25) is 4.79 Å². The first-order chi connectivity index (χ1) is 10.1. The summed E-state index contributed by atoms with van der Waals surface area (Å²) in [5.74, 6) is -1.08. The van der Waals surface area contributed by atoms with E-state index >= 15 is 0 Å². The second-order valence-corrected chi connectivity index (χ2v) is 6.00. The maximum atomic E-state index is 12.3. The number of hydrogen-bond acceptors (Lipinski definition) is 2. The van der Waals surface area contributed by atoms with Crippen molar-refractivity contribution in [2.45, 2.75) is 44.9 Å². The van der Waals surface area contributed by atoms with Crippen LogP contribution in [0.3, 0.4) is 0 Å². The van der Waals surface area contributed by atoms with Gasteiger partial charge in [0, 0.05) is 16.6 Å². The first kappa shape index (κ1) is 15.8. The van der Waals surface area contributed by atoms with Crippen molar-refractivity contribution >= 4 is 29.2 Å². The summed E-state index contributed by atoms with van der Waals surface area (Å²) in [7, 11) is 0. The van der Waals surface area contributed by atoms with E-state index in [1.165, 1.54) is 31.4 Å². The fraction of sp³-hybridized carbons (Fsp3) is 0.500. The van der Waals surface area contributed by atoms with Gasteiger partial charge in [0.05, 0.1) is 5.56 Å². The van der Waals surface area contributed by atoms with Crippen LogP contribution < -0.4 is 5.32 Å². The molecule has 1 aromatic rings. The van der Waals surface area contributed by atoms with Gasteiger partial charge >= 0.3 is 5.97 Å². The fourth-order valence-corrected chi connectivity index (χ4v) is 2.98. The van der Waals surface area contributed by atoms with Gasteiger partial charge < -0.3 is 10.4 Å². The van der Waals surface area contributed by atoms with Crippen molar-refractivity contribution in [2.24, 2.45) is 5.92 Å². The summed E-state index contributed by atoms with van der Waals surface area (Å²) >= 11 is 5.90. The van der Waals surface area contributed by atoms with Crippen LogP contribution in [0.4, 0.5) is 5.69 Å². The number of benzene rings is 1. The average Bonchev–Trinajstić information content (AvgIpc) is 2.37. The molecular formula is C16H20ClNO3. The van der Waals surface area contributed by atoms with Crippen LogP contribution in [0.25, 0.3) is 0 Å². The molecule has 2 N–H and O–H groups in total. The number of anilines is 1. The Kier molecular flexibility index (Phi) is 5.62. The Hall–Kier alpha value is -1.55. The predicted molar refractivity (Wildman–Crippen MR) is 82.9 cm³/mol. The maximum absolute atomic E-state index is 12.3. The summed E-state index contributed by atoms with van der Waals surface area (Å²) < 4.78 is 0. The van der Waals surface area contributed by atoms with Crippen LogP contribution in [0.2, 0.25) is 5.02 Å². The number of aromatic carboxylic acids is 1. The van der Waals surface area contributed by atoms with Gasteiger partial charge in [-0.1, -0.05) is 43.7 Å². The lowest BCUT2D eigenvalue weighted by Crippen LogP contribution is -2.23. The molecule has 0 bridgehead atoms. The second-order valence-electron chi connectivity index (χ2n) is 5.57. The van der Waals surface area contributed by atoms with Gasteiger partial charge in [-0.2, -0.15) is 0 Å². The van der Waals surface area contributed by atoms with Crippen molar-refractivity contribution in [1.29, 1.82) is 0 Å². The van der Waals surface area contributed by atoms with Crippen LogP contribution in [-0.4, -0.2) is 17.0 Å². The fourth-order valence-electron chi connectivity index (χ4n) is 2.75. The molecule has 1 saturated carbocycles. The van der Waals surface area contributed by atoms with Gasteiger partial charge in [-0.05, 0) is 31.0 Å². The van der Waals surface area contributed by atoms with E-state index in [4.69, 9.17) is 16.7 Å². The van der Waals surface area contributed by atoms with Crippen molar-refractivity contribution in [3.8, 4) is 0 Å². The van der Waals surface area contributed by atoms with Gasteiger partial charge in [0.25, 0.3) is 0 Å². The largest absolute Gasteiger partial charge is 0.478 e. The highest BCUT2D eigenvalue weighted by Crippen LogP contribution is 2.25. The average molecular weight is 310 g/mol. The number of carboxylic acid groups (broad SMARTS) is 1. The molecule has 0 saturated heterocycles. The first-order valence-corrected chi connectivity index (χ1v) is 7.79. The molecule has 5 heteroatoms. The molecule has 1 aromatic carbocycles. The zero-order valence-electron chi connectivity index (χ0n) is 11.9. The predicted octanol–water partition coefficient (Wildman–Crippen LogP) is 4.34. The number of carboxylic acids is 1. The van der Waals surface area contributed by atoms with Crippen LogP contribution in [0, 0.1) is 5.92 Å². The van der Waals surface area contributed by atoms with E-state index in [1.807, 2.05) is 0 Å². The molecule has 0 spiro atoms. The van der Waals surface area contributed by atoms with Crippen LogP contribution in [0.5, 0.6) is 0 Å². The van der Waals surface area contributed by atoms with E-state index in [2.05, 4.69) is 5.32 Å². The quantitative estimate of drug-likeness (QED) is 0.873. The molecule has 114 valence electrons. The molecule has 2 rings (SSSR count). The van der Waals surface area contributed by atoms with Gasteiger partial charge in [0.1, 0.15) is 0 Å². The summed E-state index contributed by atoms with van der Waals surface area (Å²) in [6.45, 7) is 0. The molecule has 0 aliphatic heterocycles. The summed E-state index contributed by atoms with van der Waals surface area (Å²) in [6.07, 6.45) is 7.58. The van der Waals surface area contributed by atoms with E-state index in [9.17, 15) is 9.59 Å². The highest BCUT2D eigenvalue weighted by atomic mass is 35.5. The first-order valence-electron chi connectivity index (χ1n) is 7.41. The smallest absolute Gasteiger partial charge is 0.335 e. The van der Waals surface area contributed by atoms with Crippen molar-refractivity contribution < 1.29 is 14.7 Å². The van der Waals surface area contributed by atoms with Crippen molar-refractivity contribution in [3.05, 3.63) is 28.8 Å². The van der Waals surface area contributed by atoms with Crippen molar-refractivity contribution in [3.63, 3.8) is 0 Å². The third-order valence-electron chi connectivity index (χ3n) is 3.89. The van der Waals surface area contributed by atoms with Gasteiger partial charge in [0.15, 0.2) is 0 Å². The number of rotatable bonds is 3. The number of halogens is 1. The molecule has 0 heterocycles. The van der Waals surface area contributed by atoms with E-state index in [0.717, 1.165) is 25.7 Å². The molecule has 0 atom stereocenters. The lowest BCUT2D eigenvalue weighted by molar-refractivity contribution is -0.120. The Balaban J connectivity index is 2.05. The lowest BCUT2D eigenvalue weighted by atomic mass is 9.90. The molecular weight excluding hydrogens is 290 g/mol. The molecule has 1 amide bonds. The van der Waals surface area contributed by atoms with Crippen molar-refractivity contribution in [1.82, 2.24) is 0 Å². The number of amides is 1. The van der Waals surface area contributed by atoms with Gasteiger partial charge in [-0.25, -0.2) is 4.79 Å². The standard InChI is InChI=1S/C16H20ClNO3/c17-13-8-12(16(20)21)9-14(10-13)18-15(19)11-6-4-2-1-3-5-7-11/h8-11H,1-7H2,(H,18,19)(H,20,21).